The summed E-state index contributed by atoms with van der Waals surface area (Å²) < 4.78 is 7.21. The molecule has 1 aromatic carbocycles. The highest BCUT2D eigenvalue weighted by Gasteiger charge is 2.18. The maximum Gasteiger partial charge on any atom is 0.261 e. The molecule has 1 aromatic heterocycles. The average Bonchev–Trinajstić information content (AvgIpc) is 2.88. The number of thiocarbonyl (C=S) groups is 1. The molecular formula is C15H13ClN2O2S. The van der Waals surface area contributed by atoms with E-state index in [-0.39, 0.29) is 10.5 Å². The monoisotopic (exact) mass is 320 g/mol. The lowest BCUT2D eigenvalue weighted by atomic mass is 10.1. The van der Waals surface area contributed by atoms with E-state index in [9.17, 15) is 4.79 Å². The van der Waals surface area contributed by atoms with Gasteiger partial charge in [-0.15, -0.1) is 0 Å². The first-order chi connectivity index (χ1) is 10.1. The third-order valence-corrected chi connectivity index (χ3v) is 3.89. The van der Waals surface area contributed by atoms with Crippen molar-refractivity contribution in [3.05, 3.63) is 62.5 Å². The van der Waals surface area contributed by atoms with Crippen LogP contribution in [-0.4, -0.2) is 16.2 Å². The molecule has 6 heteroatoms. The van der Waals surface area contributed by atoms with Gasteiger partial charge in [0.15, 0.2) is 0 Å². The first-order valence-electron chi connectivity index (χ1n) is 6.49. The van der Waals surface area contributed by atoms with Gasteiger partial charge in [-0.05, 0) is 29.8 Å². The van der Waals surface area contributed by atoms with E-state index >= 15 is 0 Å². The third-order valence-electron chi connectivity index (χ3n) is 3.45. The molecule has 1 aliphatic heterocycles. The molecule has 2 heterocycles. The number of ether oxygens (including phenoxy) is 1. The first kappa shape index (κ1) is 14.1. The predicted octanol–water partition coefficient (Wildman–Crippen LogP) is 2.12. The Morgan fingerprint density at radius 3 is 3.05 bits per heavy atom. The number of pyridine rings is 1. The highest BCUT2D eigenvalue weighted by Crippen LogP contribution is 2.33. The van der Waals surface area contributed by atoms with Crippen LogP contribution in [0.15, 0.2) is 35.3 Å². The van der Waals surface area contributed by atoms with Gasteiger partial charge in [0.25, 0.3) is 5.56 Å². The van der Waals surface area contributed by atoms with Crippen LogP contribution in [0.25, 0.3) is 0 Å². The molecule has 0 saturated carbocycles. The normalized spacial score (nSPS) is 12.8. The van der Waals surface area contributed by atoms with Crippen molar-refractivity contribution in [2.45, 2.75) is 13.0 Å². The lowest BCUT2D eigenvalue weighted by Crippen LogP contribution is -2.28. The summed E-state index contributed by atoms with van der Waals surface area (Å²) in [4.78, 5) is 12.4. The van der Waals surface area contributed by atoms with Gasteiger partial charge < -0.3 is 15.0 Å². The molecule has 0 saturated heterocycles. The van der Waals surface area contributed by atoms with Crippen LogP contribution in [0.2, 0.25) is 5.02 Å². The fraction of sp³-hybridized carbons (Fsp3) is 0.200. The maximum absolute atomic E-state index is 12.3. The number of nitrogens with zero attached hydrogens (tertiary/aromatic N) is 1. The SMILES string of the molecule is NC(=S)c1cccn(Cc2cc(Cl)cc3c2OCC3)c1=O. The molecule has 21 heavy (non-hydrogen) atoms. The van der Waals surface area contributed by atoms with E-state index in [1.54, 1.807) is 22.9 Å². The number of benzene rings is 1. The molecule has 0 atom stereocenters. The number of hydrogen-bond donors (Lipinski definition) is 1. The Balaban J connectivity index is 2.04. The zero-order valence-corrected chi connectivity index (χ0v) is 12.7. The minimum absolute atomic E-state index is 0.0990. The number of rotatable bonds is 3. The number of hydrogen-bond acceptors (Lipinski definition) is 3. The minimum Gasteiger partial charge on any atom is -0.493 e. The molecule has 0 spiro atoms. The summed E-state index contributed by atoms with van der Waals surface area (Å²) in [7, 11) is 0. The lowest BCUT2D eigenvalue weighted by Gasteiger charge is -2.11. The van der Waals surface area contributed by atoms with Gasteiger partial charge >= 0.3 is 0 Å². The lowest BCUT2D eigenvalue weighted by molar-refractivity contribution is 0.352. The summed E-state index contributed by atoms with van der Waals surface area (Å²) in [6, 6.07) is 7.11. The molecule has 4 nitrogen and oxygen atoms in total. The Hall–Kier alpha value is -1.85. The molecule has 0 radical (unpaired) electrons. The summed E-state index contributed by atoms with van der Waals surface area (Å²) in [6.45, 7) is 1.02. The van der Waals surface area contributed by atoms with Gasteiger partial charge in [-0.25, -0.2) is 0 Å². The van der Waals surface area contributed by atoms with Crippen LogP contribution < -0.4 is 16.0 Å². The Morgan fingerprint density at radius 1 is 1.48 bits per heavy atom. The Morgan fingerprint density at radius 2 is 2.29 bits per heavy atom. The highest BCUT2D eigenvalue weighted by atomic mass is 35.5. The van der Waals surface area contributed by atoms with E-state index in [1.165, 1.54) is 0 Å². The van der Waals surface area contributed by atoms with E-state index in [2.05, 4.69) is 0 Å². The van der Waals surface area contributed by atoms with Crippen molar-refractivity contribution >= 4 is 28.8 Å². The van der Waals surface area contributed by atoms with Crippen molar-refractivity contribution < 1.29 is 4.74 Å². The molecule has 0 aliphatic carbocycles. The van der Waals surface area contributed by atoms with Crippen molar-refractivity contribution in [3.8, 4) is 5.75 Å². The van der Waals surface area contributed by atoms with Crippen LogP contribution in [0.1, 0.15) is 16.7 Å². The maximum atomic E-state index is 12.3. The molecular weight excluding hydrogens is 308 g/mol. The molecule has 1 aliphatic rings. The Bertz CT molecular complexity index is 786. The molecule has 0 amide bonds. The standard InChI is InChI=1S/C15H13ClN2O2S/c16-11-6-9-3-5-20-13(9)10(7-11)8-18-4-1-2-12(14(17)21)15(18)19/h1-2,4,6-7H,3,5,8H2,(H2,17,21). The number of aromatic nitrogens is 1. The number of fused-ring (bicyclic) bond motifs is 1. The Kier molecular flexibility index (Phi) is 3.69. The summed E-state index contributed by atoms with van der Waals surface area (Å²) in [6.07, 6.45) is 2.54. The van der Waals surface area contributed by atoms with E-state index in [0.29, 0.717) is 23.7 Å². The molecule has 0 bridgehead atoms. The van der Waals surface area contributed by atoms with Crippen molar-refractivity contribution in [3.63, 3.8) is 0 Å². The summed E-state index contributed by atoms with van der Waals surface area (Å²) in [5.41, 5.74) is 7.66. The fourth-order valence-electron chi connectivity index (χ4n) is 2.50. The number of halogens is 1. The van der Waals surface area contributed by atoms with Gasteiger partial charge in [0.1, 0.15) is 10.7 Å². The summed E-state index contributed by atoms with van der Waals surface area (Å²) in [5, 5.41) is 0.646. The second-order valence-corrected chi connectivity index (χ2v) is 5.75. The Labute approximate surface area is 132 Å². The van der Waals surface area contributed by atoms with E-state index in [1.807, 2.05) is 12.1 Å². The minimum atomic E-state index is -0.211. The van der Waals surface area contributed by atoms with Crippen molar-refractivity contribution in [1.82, 2.24) is 4.57 Å². The van der Waals surface area contributed by atoms with Gasteiger partial charge in [-0.1, -0.05) is 23.8 Å². The van der Waals surface area contributed by atoms with Crippen LogP contribution in [-0.2, 0) is 13.0 Å². The second-order valence-electron chi connectivity index (χ2n) is 4.87. The van der Waals surface area contributed by atoms with E-state index < -0.39 is 0 Å². The second kappa shape index (κ2) is 5.50. The molecule has 3 rings (SSSR count). The first-order valence-corrected chi connectivity index (χ1v) is 7.28. The van der Waals surface area contributed by atoms with Crippen LogP contribution >= 0.6 is 23.8 Å². The van der Waals surface area contributed by atoms with Crippen LogP contribution in [0.3, 0.4) is 0 Å². The van der Waals surface area contributed by atoms with E-state index in [4.69, 9.17) is 34.3 Å². The van der Waals surface area contributed by atoms with Gasteiger partial charge in [0.2, 0.25) is 0 Å². The van der Waals surface area contributed by atoms with Crippen molar-refractivity contribution in [2.24, 2.45) is 5.73 Å². The van der Waals surface area contributed by atoms with Crippen LogP contribution in [0.5, 0.6) is 5.75 Å². The summed E-state index contributed by atoms with van der Waals surface area (Å²) in [5.74, 6) is 0.826. The number of nitrogens with two attached hydrogens (primary N) is 1. The van der Waals surface area contributed by atoms with Gasteiger partial charge in [0.05, 0.1) is 18.7 Å². The van der Waals surface area contributed by atoms with Crippen molar-refractivity contribution in [1.29, 1.82) is 0 Å². The van der Waals surface area contributed by atoms with Crippen LogP contribution in [0, 0.1) is 0 Å². The zero-order chi connectivity index (χ0) is 15.0. The third kappa shape index (κ3) is 2.66. The highest BCUT2D eigenvalue weighted by molar-refractivity contribution is 7.80. The van der Waals surface area contributed by atoms with Gasteiger partial charge in [0, 0.05) is 23.2 Å². The predicted molar refractivity (Wildman–Crippen MR) is 86.3 cm³/mol. The average molecular weight is 321 g/mol. The largest absolute Gasteiger partial charge is 0.493 e. The molecule has 2 N–H and O–H groups in total. The van der Waals surface area contributed by atoms with Crippen molar-refractivity contribution in [2.75, 3.05) is 6.61 Å². The van der Waals surface area contributed by atoms with Crippen LogP contribution in [0.4, 0.5) is 0 Å². The zero-order valence-electron chi connectivity index (χ0n) is 11.1. The van der Waals surface area contributed by atoms with E-state index in [0.717, 1.165) is 23.3 Å². The molecule has 108 valence electrons. The van der Waals surface area contributed by atoms with Gasteiger partial charge in [-0.3, -0.25) is 4.79 Å². The quantitative estimate of drug-likeness (QED) is 0.880. The smallest absolute Gasteiger partial charge is 0.261 e. The van der Waals surface area contributed by atoms with Gasteiger partial charge in [-0.2, -0.15) is 0 Å². The molecule has 0 unspecified atom stereocenters. The molecule has 2 aromatic rings. The molecule has 0 fully saturated rings. The fourth-order valence-corrected chi connectivity index (χ4v) is 2.91. The topological polar surface area (TPSA) is 57.2 Å². The summed E-state index contributed by atoms with van der Waals surface area (Å²) >= 11 is 11.0.